The Morgan fingerprint density at radius 2 is 1.54 bits per heavy atom. The van der Waals surface area contributed by atoms with Gasteiger partial charge < -0.3 is 0 Å². The smallest absolute Gasteiger partial charge is 0.295 e. The van der Waals surface area contributed by atoms with Gasteiger partial charge in [0.05, 0.1) is 6.54 Å². The van der Waals surface area contributed by atoms with Gasteiger partial charge in [-0.3, -0.25) is 4.90 Å². The quantitative estimate of drug-likeness (QED) is 0.671. The topological polar surface area (TPSA) is 3.24 Å². The van der Waals surface area contributed by atoms with Crippen LogP contribution in [0.2, 0.25) is 0 Å². The van der Waals surface area contributed by atoms with E-state index in [-0.39, 0.29) is 0 Å². The fraction of sp³-hybridized carbons (Fsp3) is 1.00. The van der Waals surface area contributed by atoms with Crippen molar-refractivity contribution in [2.45, 2.75) is 40.3 Å². The van der Waals surface area contributed by atoms with Crippen LogP contribution < -0.4 is 0 Å². The van der Waals surface area contributed by atoms with E-state index in [4.69, 9.17) is 0 Å². The van der Waals surface area contributed by atoms with E-state index in [0.29, 0.717) is 13.1 Å². The van der Waals surface area contributed by atoms with E-state index in [1.54, 1.807) is 6.92 Å². The Morgan fingerprint density at radius 3 is 1.77 bits per heavy atom. The van der Waals surface area contributed by atoms with Crippen LogP contribution in [0.3, 0.4) is 0 Å². The van der Waals surface area contributed by atoms with Gasteiger partial charge in [-0.1, -0.05) is 27.7 Å². The van der Waals surface area contributed by atoms with Gasteiger partial charge in [0.25, 0.3) is 0 Å². The number of rotatable bonds is 4. The third-order valence-corrected chi connectivity index (χ3v) is 1.39. The van der Waals surface area contributed by atoms with Crippen LogP contribution >= 0.6 is 0 Å². The Bertz CT molecular complexity index is 102. The molecule has 0 unspecified atom stereocenters. The molecule has 82 valence electrons. The molecule has 0 fully saturated rings. The number of halogens is 3. The molecule has 0 atom stereocenters. The van der Waals surface area contributed by atoms with Crippen LogP contribution in [-0.4, -0.2) is 30.7 Å². The summed E-state index contributed by atoms with van der Waals surface area (Å²) in [6.45, 7) is 7.82. The summed E-state index contributed by atoms with van der Waals surface area (Å²) in [5.41, 5.74) is 0. The summed E-state index contributed by atoms with van der Waals surface area (Å²) < 4.78 is 35.3. The van der Waals surface area contributed by atoms with E-state index < -0.39 is 12.7 Å². The van der Waals surface area contributed by atoms with Gasteiger partial charge in [0.1, 0.15) is 0 Å². The maximum Gasteiger partial charge on any atom is 0.401 e. The van der Waals surface area contributed by atoms with E-state index in [0.717, 1.165) is 6.42 Å². The third-order valence-electron chi connectivity index (χ3n) is 1.39. The van der Waals surface area contributed by atoms with Gasteiger partial charge in [-0.2, -0.15) is 13.2 Å². The maximum atomic E-state index is 11.8. The SMILES string of the molecule is CC.CCCN(CC)CC(F)(F)F. The Morgan fingerprint density at radius 1 is 1.08 bits per heavy atom. The molecule has 0 amide bonds. The van der Waals surface area contributed by atoms with Crippen molar-refractivity contribution in [2.24, 2.45) is 0 Å². The normalized spacial score (nSPS) is 11.1. The molecule has 0 aromatic rings. The maximum absolute atomic E-state index is 11.8. The monoisotopic (exact) mass is 199 g/mol. The molecule has 0 saturated carbocycles. The van der Waals surface area contributed by atoms with Crippen LogP contribution in [0.15, 0.2) is 0 Å². The molecule has 1 nitrogen and oxygen atoms in total. The van der Waals surface area contributed by atoms with Crippen molar-refractivity contribution in [3.8, 4) is 0 Å². The van der Waals surface area contributed by atoms with Gasteiger partial charge >= 0.3 is 6.18 Å². The van der Waals surface area contributed by atoms with Crippen LogP contribution in [0.1, 0.15) is 34.1 Å². The van der Waals surface area contributed by atoms with Crippen molar-refractivity contribution in [1.29, 1.82) is 0 Å². The van der Waals surface area contributed by atoms with Gasteiger partial charge in [-0.15, -0.1) is 0 Å². The lowest BCUT2D eigenvalue weighted by Crippen LogP contribution is -2.34. The fourth-order valence-corrected chi connectivity index (χ4v) is 0.919. The zero-order chi connectivity index (χ0) is 10.9. The summed E-state index contributed by atoms with van der Waals surface area (Å²) in [6, 6.07) is 0. The van der Waals surface area contributed by atoms with Crippen molar-refractivity contribution >= 4 is 0 Å². The average Bonchev–Trinajstić information content (AvgIpc) is 2.05. The summed E-state index contributed by atoms with van der Waals surface area (Å²) >= 11 is 0. The number of hydrogen-bond donors (Lipinski definition) is 0. The van der Waals surface area contributed by atoms with E-state index in [1.807, 2.05) is 20.8 Å². The van der Waals surface area contributed by atoms with Crippen LogP contribution in [0.4, 0.5) is 13.2 Å². The summed E-state index contributed by atoms with van der Waals surface area (Å²) in [6.07, 6.45) is -3.28. The van der Waals surface area contributed by atoms with Gasteiger partial charge in [0.2, 0.25) is 0 Å². The van der Waals surface area contributed by atoms with E-state index >= 15 is 0 Å². The molecule has 4 heteroatoms. The van der Waals surface area contributed by atoms with Gasteiger partial charge in [0.15, 0.2) is 0 Å². The van der Waals surface area contributed by atoms with Crippen molar-refractivity contribution < 1.29 is 13.2 Å². The molecule has 0 N–H and O–H groups in total. The largest absolute Gasteiger partial charge is 0.401 e. The first-order valence-corrected chi connectivity index (χ1v) is 4.78. The van der Waals surface area contributed by atoms with Gasteiger partial charge in [0, 0.05) is 0 Å². The fourth-order valence-electron chi connectivity index (χ4n) is 0.919. The summed E-state index contributed by atoms with van der Waals surface area (Å²) in [5, 5.41) is 0. The lowest BCUT2D eigenvalue weighted by Gasteiger charge is -2.20. The molecule has 0 radical (unpaired) electrons. The summed E-state index contributed by atoms with van der Waals surface area (Å²) in [4.78, 5) is 1.39. The first-order valence-electron chi connectivity index (χ1n) is 4.78. The molecule has 0 saturated heterocycles. The lowest BCUT2D eigenvalue weighted by atomic mass is 10.4. The number of alkyl halides is 3. The highest BCUT2D eigenvalue weighted by Crippen LogP contribution is 2.16. The first-order chi connectivity index (χ1) is 5.99. The van der Waals surface area contributed by atoms with Gasteiger partial charge in [-0.25, -0.2) is 0 Å². The molecule has 0 heterocycles. The number of nitrogens with zero attached hydrogens (tertiary/aromatic N) is 1. The lowest BCUT2D eigenvalue weighted by molar-refractivity contribution is -0.145. The minimum Gasteiger partial charge on any atom is -0.295 e. The van der Waals surface area contributed by atoms with Crippen molar-refractivity contribution in [1.82, 2.24) is 4.90 Å². The standard InChI is InChI=1S/C7H14F3N.C2H6/c1-3-5-11(4-2)6-7(8,9)10;1-2/h3-6H2,1-2H3;1-2H3. The van der Waals surface area contributed by atoms with Crippen LogP contribution in [-0.2, 0) is 0 Å². The second kappa shape index (κ2) is 8.35. The highest BCUT2D eigenvalue weighted by molar-refractivity contribution is 4.60. The predicted octanol–water partition coefficient (Wildman–Crippen LogP) is 3.31. The summed E-state index contributed by atoms with van der Waals surface area (Å²) in [7, 11) is 0. The van der Waals surface area contributed by atoms with Crippen LogP contribution in [0.5, 0.6) is 0 Å². The second-order valence-corrected chi connectivity index (χ2v) is 2.48. The number of hydrogen-bond acceptors (Lipinski definition) is 1. The molecule has 0 aliphatic carbocycles. The van der Waals surface area contributed by atoms with E-state index in [9.17, 15) is 13.2 Å². The molecule has 0 aliphatic heterocycles. The Balaban J connectivity index is 0. The van der Waals surface area contributed by atoms with E-state index in [1.165, 1.54) is 4.90 Å². The third kappa shape index (κ3) is 11.8. The van der Waals surface area contributed by atoms with Crippen LogP contribution in [0.25, 0.3) is 0 Å². The molecule has 0 bridgehead atoms. The molecule has 0 rings (SSSR count). The second-order valence-electron chi connectivity index (χ2n) is 2.48. The first kappa shape index (κ1) is 15.2. The zero-order valence-corrected chi connectivity index (χ0v) is 8.91. The highest BCUT2D eigenvalue weighted by Gasteiger charge is 2.29. The molecule has 0 aliphatic rings. The van der Waals surface area contributed by atoms with Crippen molar-refractivity contribution in [2.75, 3.05) is 19.6 Å². The Kier molecular flexibility index (Phi) is 9.79. The molecule has 13 heavy (non-hydrogen) atoms. The molecular formula is C9H20F3N. The predicted molar refractivity (Wildman–Crippen MR) is 49.8 cm³/mol. The molecule has 0 spiro atoms. The molecule has 0 aromatic carbocycles. The van der Waals surface area contributed by atoms with Crippen molar-refractivity contribution in [3.63, 3.8) is 0 Å². The van der Waals surface area contributed by atoms with Gasteiger partial charge in [-0.05, 0) is 19.5 Å². The summed E-state index contributed by atoms with van der Waals surface area (Å²) in [5.74, 6) is 0. The minimum absolute atomic E-state index is 0.466. The minimum atomic E-state index is -4.05. The Hall–Kier alpha value is -0.250. The molecular weight excluding hydrogens is 179 g/mol. The van der Waals surface area contributed by atoms with E-state index in [2.05, 4.69) is 0 Å². The molecule has 0 aromatic heterocycles. The van der Waals surface area contributed by atoms with Crippen LogP contribution in [0, 0.1) is 0 Å². The highest BCUT2D eigenvalue weighted by atomic mass is 19.4. The zero-order valence-electron chi connectivity index (χ0n) is 8.91. The average molecular weight is 199 g/mol. The van der Waals surface area contributed by atoms with Crippen molar-refractivity contribution in [3.05, 3.63) is 0 Å². The Labute approximate surface area is 78.9 Å².